The first-order valence-corrected chi connectivity index (χ1v) is 9.82. The maximum Gasteiger partial charge on any atom is 0.193 e. The minimum absolute atomic E-state index is 0. The number of anilines is 1. The number of rotatable bonds is 8. The Balaban J connectivity index is 0.00000300. The zero-order chi connectivity index (χ0) is 19.8. The van der Waals surface area contributed by atoms with E-state index in [2.05, 4.69) is 39.6 Å². The SMILES string of the molecule is COc1ccc(NC(N)=NCc2csc(CCc3ccccc3)n2)cc1OC.I. The maximum atomic E-state index is 6.00. The molecule has 0 spiro atoms. The van der Waals surface area contributed by atoms with E-state index in [1.165, 1.54) is 5.56 Å². The molecule has 0 atom stereocenters. The average Bonchev–Trinajstić information content (AvgIpc) is 3.19. The number of thiazole rings is 1. The quantitative estimate of drug-likeness (QED) is 0.258. The molecule has 0 bridgehead atoms. The van der Waals surface area contributed by atoms with Crippen LogP contribution >= 0.6 is 35.3 Å². The van der Waals surface area contributed by atoms with Crippen LogP contribution in [0, 0.1) is 0 Å². The number of ether oxygens (including phenoxy) is 2. The van der Waals surface area contributed by atoms with E-state index in [0.29, 0.717) is 24.0 Å². The van der Waals surface area contributed by atoms with Crippen LogP contribution in [-0.2, 0) is 19.4 Å². The zero-order valence-corrected chi connectivity index (χ0v) is 19.6. The summed E-state index contributed by atoms with van der Waals surface area (Å²) in [4.78, 5) is 9.02. The summed E-state index contributed by atoms with van der Waals surface area (Å²) in [5.74, 6) is 1.61. The minimum atomic E-state index is 0. The summed E-state index contributed by atoms with van der Waals surface area (Å²) in [7, 11) is 3.19. The molecule has 0 saturated heterocycles. The Kier molecular flexibility index (Phi) is 9.20. The number of aromatic nitrogens is 1. The molecule has 8 heteroatoms. The van der Waals surface area contributed by atoms with Gasteiger partial charge >= 0.3 is 0 Å². The lowest BCUT2D eigenvalue weighted by Gasteiger charge is -2.10. The Bertz CT molecular complexity index is 931. The van der Waals surface area contributed by atoms with Crippen molar-refractivity contribution in [2.45, 2.75) is 19.4 Å². The van der Waals surface area contributed by atoms with Gasteiger partial charge in [-0.05, 0) is 24.1 Å². The first-order valence-electron chi connectivity index (χ1n) is 8.94. The fourth-order valence-electron chi connectivity index (χ4n) is 2.70. The third-order valence-corrected chi connectivity index (χ3v) is 5.09. The van der Waals surface area contributed by atoms with E-state index >= 15 is 0 Å². The van der Waals surface area contributed by atoms with Gasteiger partial charge in [-0.3, -0.25) is 0 Å². The second kappa shape index (κ2) is 11.6. The van der Waals surface area contributed by atoms with Crippen molar-refractivity contribution >= 4 is 47.0 Å². The number of guanidine groups is 1. The Morgan fingerprint density at radius 3 is 2.55 bits per heavy atom. The highest BCUT2D eigenvalue weighted by molar-refractivity contribution is 14.0. The molecule has 2 aromatic carbocycles. The molecule has 3 aromatic rings. The highest BCUT2D eigenvalue weighted by Crippen LogP contribution is 2.29. The third-order valence-electron chi connectivity index (χ3n) is 4.14. The van der Waals surface area contributed by atoms with Crippen molar-refractivity contribution in [3.05, 3.63) is 70.2 Å². The lowest BCUT2D eigenvalue weighted by atomic mass is 10.1. The van der Waals surface area contributed by atoms with Gasteiger partial charge in [0.15, 0.2) is 17.5 Å². The first-order chi connectivity index (χ1) is 13.7. The number of aliphatic imine (C=N–C) groups is 1. The third kappa shape index (κ3) is 6.90. The van der Waals surface area contributed by atoms with Crippen molar-refractivity contribution in [1.29, 1.82) is 0 Å². The molecule has 0 saturated carbocycles. The molecule has 3 rings (SSSR count). The number of nitrogens with zero attached hydrogens (tertiary/aromatic N) is 2. The van der Waals surface area contributed by atoms with Crippen LogP contribution in [0.15, 0.2) is 58.9 Å². The van der Waals surface area contributed by atoms with E-state index in [9.17, 15) is 0 Å². The van der Waals surface area contributed by atoms with Gasteiger partial charge in [-0.1, -0.05) is 30.3 Å². The van der Waals surface area contributed by atoms with Gasteiger partial charge in [-0.25, -0.2) is 9.98 Å². The molecule has 1 heterocycles. The Labute approximate surface area is 192 Å². The van der Waals surface area contributed by atoms with Crippen LogP contribution in [-0.4, -0.2) is 25.2 Å². The molecule has 0 aliphatic rings. The number of nitrogens with one attached hydrogen (secondary N) is 1. The van der Waals surface area contributed by atoms with Crippen molar-refractivity contribution in [2.75, 3.05) is 19.5 Å². The summed E-state index contributed by atoms with van der Waals surface area (Å²) in [5.41, 5.74) is 9.02. The topological polar surface area (TPSA) is 81.8 Å². The molecule has 29 heavy (non-hydrogen) atoms. The lowest BCUT2D eigenvalue weighted by Crippen LogP contribution is -2.22. The molecule has 3 N–H and O–H groups in total. The molecule has 0 unspecified atom stereocenters. The molecule has 0 aliphatic heterocycles. The molecule has 0 radical (unpaired) electrons. The van der Waals surface area contributed by atoms with Crippen molar-refractivity contribution in [3.63, 3.8) is 0 Å². The van der Waals surface area contributed by atoms with E-state index in [-0.39, 0.29) is 24.0 Å². The Morgan fingerprint density at radius 2 is 1.83 bits per heavy atom. The van der Waals surface area contributed by atoms with Gasteiger partial charge in [0.25, 0.3) is 0 Å². The molecule has 154 valence electrons. The van der Waals surface area contributed by atoms with Crippen LogP contribution in [0.4, 0.5) is 5.69 Å². The second-order valence-corrected chi connectivity index (χ2v) is 7.06. The highest BCUT2D eigenvalue weighted by atomic mass is 127. The van der Waals surface area contributed by atoms with Gasteiger partial charge in [-0.2, -0.15) is 0 Å². The van der Waals surface area contributed by atoms with E-state index in [0.717, 1.165) is 29.2 Å². The predicted octanol–water partition coefficient (Wildman–Crippen LogP) is 4.49. The summed E-state index contributed by atoms with van der Waals surface area (Å²) >= 11 is 1.66. The van der Waals surface area contributed by atoms with Crippen LogP contribution in [0.3, 0.4) is 0 Å². The second-order valence-electron chi connectivity index (χ2n) is 6.11. The van der Waals surface area contributed by atoms with Gasteiger partial charge in [0.05, 0.1) is 31.5 Å². The molecule has 0 aliphatic carbocycles. The fourth-order valence-corrected chi connectivity index (χ4v) is 3.49. The summed E-state index contributed by atoms with van der Waals surface area (Å²) in [6.45, 7) is 0.438. The van der Waals surface area contributed by atoms with E-state index < -0.39 is 0 Å². The maximum absolute atomic E-state index is 6.00. The molecule has 1 aromatic heterocycles. The number of nitrogens with two attached hydrogens (primary N) is 1. The van der Waals surface area contributed by atoms with Crippen LogP contribution in [0.1, 0.15) is 16.3 Å². The normalized spacial score (nSPS) is 10.9. The van der Waals surface area contributed by atoms with Crippen LogP contribution < -0.4 is 20.5 Å². The highest BCUT2D eigenvalue weighted by Gasteiger charge is 2.06. The van der Waals surface area contributed by atoms with Crippen molar-refractivity contribution in [1.82, 2.24) is 4.98 Å². The van der Waals surface area contributed by atoms with Crippen LogP contribution in [0.2, 0.25) is 0 Å². The largest absolute Gasteiger partial charge is 0.493 e. The number of halogens is 1. The van der Waals surface area contributed by atoms with Gasteiger partial charge in [0.1, 0.15) is 0 Å². The number of hydrogen-bond donors (Lipinski definition) is 2. The minimum Gasteiger partial charge on any atom is -0.493 e. The fraction of sp³-hybridized carbons (Fsp3) is 0.238. The molecule has 0 amide bonds. The predicted molar refractivity (Wildman–Crippen MR) is 130 cm³/mol. The molecular formula is C21H25IN4O2S. The molecule has 6 nitrogen and oxygen atoms in total. The number of hydrogen-bond acceptors (Lipinski definition) is 5. The smallest absolute Gasteiger partial charge is 0.193 e. The lowest BCUT2D eigenvalue weighted by molar-refractivity contribution is 0.355. The molecular weight excluding hydrogens is 499 g/mol. The summed E-state index contributed by atoms with van der Waals surface area (Å²) in [6.07, 6.45) is 1.91. The van der Waals surface area contributed by atoms with E-state index in [4.69, 9.17) is 15.2 Å². The summed E-state index contributed by atoms with van der Waals surface area (Å²) in [6, 6.07) is 15.9. The monoisotopic (exact) mass is 524 g/mol. The summed E-state index contributed by atoms with van der Waals surface area (Å²) in [5, 5.41) is 6.21. The van der Waals surface area contributed by atoms with Crippen molar-refractivity contribution in [3.8, 4) is 11.5 Å². The van der Waals surface area contributed by atoms with Crippen LogP contribution in [0.5, 0.6) is 11.5 Å². The number of methoxy groups -OCH3 is 2. The first kappa shape index (κ1) is 23.0. The average molecular weight is 524 g/mol. The zero-order valence-electron chi connectivity index (χ0n) is 16.4. The standard InChI is InChI=1S/C21H24N4O2S.HI/c1-26-18-10-9-16(12-19(18)27-2)25-21(22)23-13-17-14-28-20(24-17)11-8-15-6-4-3-5-7-15;/h3-7,9-10,12,14H,8,11,13H2,1-2H3,(H3,22,23,25);1H. The summed E-state index contributed by atoms with van der Waals surface area (Å²) < 4.78 is 10.5. The Morgan fingerprint density at radius 1 is 1.07 bits per heavy atom. The molecule has 0 fully saturated rings. The van der Waals surface area contributed by atoms with Gasteiger partial charge in [0, 0.05) is 23.6 Å². The Hall–Kier alpha value is -2.33. The van der Waals surface area contributed by atoms with Gasteiger partial charge in [0.2, 0.25) is 0 Å². The van der Waals surface area contributed by atoms with Crippen molar-refractivity contribution in [2.24, 2.45) is 10.7 Å². The van der Waals surface area contributed by atoms with E-state index in [1.54, 1.807) is 25.6 Å². The number of benzene rings is 2. The van der Waals surface area contributed by atoms with Crippen molar-refractivity contribution < 1.29 is 9.47 Å². The van der Waals surface area contributed by atoms with Gasteiger partial charge < -0.3 is 20.5 Å². The van der Waals surface area contributed by atoms with E-state index in [1.807, 2.05) is 29.6 Å². The number of aryl methyl sites for hydroxylation is 2. The van der Waals surface area contributed by atoms with Gasteiger partial charge in [-0.15, -0.1) is 35.3 Å². The van der Waals surface area contributed by atoms with Crippen LogP contribution in [0.25, 0.3) is 0 Å².